The van der Waals surface area contributed by atoms with Crippen LogP contribution in [0.15, 0.2) is 5.16 Å². The number of rotatable bonds is 5. The fourth-order valence-electron chi connectivity index (χ4n) is 0.454. The summed E-state index contributed by atoms with van der Waals surface area (Å²) in [4.78, 5) is 25.0. The van der Waals surface area contributed by atoms with Gasteiger partial charge in [0.05, 0.1) is 0 Å². The molecule has 0 atom stereocenters. The molecule has 1 amide bonds. The Morgan fingerprint density at radius 1 is 1.57 bits per heavy atom. The number of carbonyl (C=O) groups excluding carboxylic acids is 1. The van der Waals surface area contributed by atoms with Gasteiger partial charge in [0.1, 0.15) is 0 Å². The van der Waals surface area contributed by atoms with Gasteiger partial charge in [-0.3, -0.25) is 4.79 Å². The van der Waals surface area contributed by atoms with E-state index < -0.39 is 30.6 Å². The zero-order valence-corrected chi connectivity index (χ0v) is 7.16. The molecule has 0 unspecified atom stereocenters. The van der Waals surface area contributed by atoms with Crippen LogP contribution < -0.4 is 5.32 Å². The van der Waals surface area contributed by atoms with E-state index in [1.165, 1.54) is 7.05 Å². The van der Waals surface area contributed by atoms with Gasteiger partial charge in [-0.2, -0.15) is 0 Å². The largest absolute Gasteiger partial charge is 0.476 e. The number of hydrogen-bond donors (Lipinski definition) is 2. The van der Waals surface area contributed by atoms with Crippen molar-refractivity contribution in [2.45, 2.75) is 6.43 Å². The number of nitrogens with zero attached hydrogens (tertiary/aromatic N) is 1. The van der Waals surface area contributed by atoms with Gasteiger partial charge in [-0.25, -0.2) is 13.6 Å². The summed E-state index contributed by atoms with van der Waals surface area (Å²) in [6.45, 7) is -1.06. The molecule has 0 saturated carbocycles. The maximum absolute atomic E-state index is 11.5. The van der Waals surface area contributed by atoms with Crippen molar-refractivity contribution < 1.29 is 28.3 Å². The average Bonchev–Trinajstić information content (AvgIpc) is 2.10. The van der Waals surface area contributed by atoms with Crippen molar-refractivity contribution >= 4 is 17.6 Å². The molecular formula is C6H8F2N2O4. The third-order valence-corrected chi connectivity index (χ3v) is 1.00. The van der Waals surface area contributed by atoms with E-state index in [0.717, 1.165) is 0 Å². The lowest BCUT2D eigenvalue weighted by Gasteiger charge is -2.00. The molecule has 2 N–H and O–H groups in total. The number of alkyl halides is 2. The second-order valence-electron chi connectivity index (χ2n) is 2.01. The second-order valence-corrected chi connectivity index (χ2v) is 2.01. The van der Waals surface area contributed by atoms with E-state index in [4.69, 9.17) is 5.11 Å². The van der Waals surface area contributed by atoms with Crippen LogP contribution >= 0.6 is 0 Å². The SMILES string of the molecule is CNC(=O)C(=NOCC(F)F)C(=O)O. The summed E-state index contributed by atoms with van der Waals surface area (Å²) in [6.07, 6.45) is -2.78. The van der Waals surface area contributed by atoms with Gasteiger partial charge >= 0.3 is 5.97 Å². The van der Waals surface area contributed by atoms with Gasteiger partial charge in [-0.05, 0) is 0 Å². The van der Waals surface area contributed by atoms with Gasteiger partial charge in [0.2, 0.25) is 0 Å². The van der Waals surface area contributed by atoms with E-state index in [0.29, 0.717) is 0 Å². The number of halogens is 2. The minimum Gasteiger partial charge on any atom is -0.476 e. The molecule has 0 spiro atoms. The maximum Gasteiger partial charge on any atom is 0.363 e. The number of carboxylic acid groups (broad SMARTS) is 1. The number of carbonyl (C=O) groups is 2. The van der Waals surface area contributed by atoms with Gasteiger partial charge in [-0.1, -0.05) is 5.16 Å². The van der Waals surface area contributed by atoms with E-state index in [1.54, 1.807) is 0 Å². The van der Waals surface area contributed by atoms with Crippen molar-refractivity contribution in [3.63, 3.8) is 0 Å². The van der Waals surface area contributed by atoms with Gasteiger partial charge in [0.25, 0.3) is 18.0 Å². The predicted octanol–water partition coefficient (Wildman–Crippen LogP) is -0.545. The summed E-state index contributed by atoms with van der Waals surface area (Å²) >= 11 is 0. The molecule has 0 bridgehead atoms. The van der Waals surface area contributed by atoms with Gasteiger partial charge in [0, 0.05) is 7.05 Å². The highest BCUT2D eigenvalue weighted by Gasteiger charge is 2.19. The summed E-state index contributed by atoms with van der Waals surface area (Å²) in [6, 6.07) is 0. The van der Waals surface area contributed by atoms with Gasteiger partial charge in [-0.15, -0.1) is 0 Å². The third-order valence-electron chi connectivity index (χ3n) is 1.00. The average molecular weight is 210 g/mol. The van der Waals surface area contributed by atoms with Crippen LogP contribution in [0.1, 0.15) is 0 Å². The van der Waals surface area contributed by atoms with Crippen molar-refractivity contribution in [2.24, 2.45) is 5.16 Å². The van der Waals surface area contributed by atoms with Crippen molar-refractivity contribution in [1.82, 2.24) is 5.32 Å². The van der Waals surface area contributed by atoms with Crippen molar-refractivity contribution in [1.29, 1.82) is 0 Å². The van der Waals surface area contributed by atoms with E-state index in [2.05, 4.69) is 9.99 Å². The first kappa shape index (κ1) is 12.3. The fraction of sp³-hybridized carbons (Fsp3) is 0.500. The molecule has 0 saturated heterocycles. The Hall–Kier alpha value is -1.73. The molecule has 0 aliphatic rings. The smallest absolute Gasteiger partial charge is 0.363 e. The summed E-state index contributed by atoms with van der Waals surface area (Å²) in [5.74, 6) is -2.68. The molecule has 0 aliphatic carbocycles. The zero-order chi connectivity index (χ0) is 11.1. The Bertz CT molecular complexity index is 254. The van der Waals surface area contributed by atoms with Crippen molar-refractivity contribution in [2.75, 3.05) is 13.7 Å². The van der Waals surface area contributed by atoms with E-state index in [-0.39, 0.29) is 0 Å². The third kappa shape index (κ3) is 4.33. The number of nitrogens with one attached hydrogen (secondary N) is 1. The Kier molecular flexibility index (Phi) is 5.12. The predicted molar refractivity (Wildman–Crippen MR) is 41.1 cm³/mol. The number of carboxylic acids is 1. The monoisotopic (exact) mass is 210 g/mol. The summed E-state index contributed by atoms with van der Waals surface area (Å²) in [5, 5.41) is 13.1. The highest BCUT2D eigenvalue weighted by molar-refractivity contribution is 6.63. The number of aliphatic carboxylic acids is 1. The molecule has 0 radical (unpaired) electrons. The first-order valence-electron chi connectivity index (χ1n) is 3.42. The molecule has 0 aromatic carbocycles. The fourth-order valence-corrected chi connectivity index (χ4v) is 0.454. The Morgan fingerprint density at radius 2 is 2.14 bits per heavy atom. The first-order chi connectivity index (χ1) is 6.49. The zero-order valence-electron chi connectivity index (χ0n) is 7.16. The Morgan fingerprint density at radius 3 is 2.50 bits per heavy atom. The highest BCUT2D eigenvalue weighted by Crippen LogP contribution is 1.93. The molecule has 14 heavy (non-hydrogen) atoms. The molecule has 0 fully saturated rings. The van der Waals surface area contributed by atoms with Gasteiger partial charge < -0.3 is 15.3 Å². The standard InChI is InChI=1S/C6H8F2N2O4/c1-9-5(11)4(6(12)13)10-14-2-3(7)8/h3H,2H2,1H3,(H,9,11)(H,12,13). The molecule has 0 aromatic rings. The Labute approximate surface area is 77.5 Å². The summed E-state index contributed by atoms with van der Waals surface area (Å²) in [7, 11) is 1.17. The number of amides is 1. The summed E-state index contributed by atoms with van der Waals surface area (Å²) in [5.41, 5.74) is -0.979. The lowest BCUT2D eigenvalue weighted by Crippen LogP contribution is -2.33. The molecule has 0 aromatic heterocycles. The molecule has 0 aliphatic heterocycles. The number of oxime groups is 1. The van der Waals surface area contributed by atoms with Crippen LogP contribution in [0.25, 0.3) is 0 Å². The van der Waals surface area contributed by atoms with Crippen molar-refractivity contribution in [3.8, 4) is 0 Å². The quantitative estimate of drug-likeness (QED) is 0.362. The molecule has 0 heterocycles. The van der Waals surface area contributed by atoms with Crippen LogP contribution in [-0.2, 0) is 14.4 Å². The lowest BCUT2D eigenvalue weighted by molar-refractivity contribution is -0.130. The minimum absolute atomic E-state index is 0.979. The first-order valence-corrected chi connectivity index (χ1v) is 3.42. The van der Waals surface area contributed by atoms with Crippen LogP contribution in [0.4, 0.5) is 8.78 Å². The lowest BCUT2D eigenvalue weighted by atomic mass is 10.3. The molecule has 0 rings (SSSR count). The summed E-state index contributed by atoms with van der Waals surface area (Å²) < 4.78 is 23.1. The molecule has 8 heteroatoms. The number of hydrogen-bond acceptors (Lipinski definition) is 4. The molecule has 80 valence electrons. The molecular weight excluding hydrogens is 202 g/mol. The van der Waals surface area contributed by atoms with Crippen LogP contribution in [0.3, 0.4) is 0 Å². The van der Waals surface area contributed by atoms with Crippen LogP contribution in [-0.4, -0.2) is 42.8 Å². The second kappa shape index (κ2) is 5.84. The van der Waals surface area contributed by atoms with E-state index in [1.807, 2.05) is 5.32 Å². The van der Waals surface area contributed by atoms with Crippen LogP contribution in [0, 0.1) is 0 Å². The van der Waals surface area contributed by atoms with Crippen LogP contribution in [0.2, 0.25) is 0 Å². The van der Waals surface area contributed by atoms with Gasteiger partial charge in [0.15, 0.2) is 6.61 Å². The van der Waals surface area contributed by atoms with Crippen molar-refractivity contribution in [3.05, 3.63) is 0 Å². The maximum atomic E-state index is 11.5. The normalized spacial score (nSPS) is 11.3. The van der Waals surface area contributed by atoms with Crippen LogP contribution in [0.5, 0.6) is 0 Å². The van der Waals surface area contributed by atoms with E-state index >= 15 is 0 Å². The topological polar surface area (TPSA) is 88.0 Å². The Balaban J connectivity index is 4.35. The minimum atomic E-state index is -2.78. The highest BCUT2D eigenvalue weighted by atomic mass is 19.3. The van der Waals surface area contributed by atoms with E-state index in [9.17, 15) is 18.4 Å². The molecule has 6 nitrogen and oxygen atoms in total.